The molecule has 4 N–H and O–H groups in total. The second-order valence-electron chi connectivity index (χ2n) is 9.40. The second-order valence-corrected chi connectivity index (χ2v) is 9.40. The maximum absolute atomic E-state index is 13.5. The lowest BCUT2D eigenvalue weighted by atomic mass is 10.2. The molecule has 0 aliphatic carbocycles. The molecule has 1 aromatic carbocycles. The van der Waals surface area contributed by atoms with Gasteiger partial charge in [0.1, 0.15) is 17.5 Å². The minimum Gasteiger partial charge on any atom is -0.389 e. The molecule has 0 radical (unpaired) electrons. The zero-order valence-electron chi connectivity index (χ0n) is 20.9. The quantitative estimate of drug-likeness (QED) is 0.422. The number of β-amino-alcohol motifs (C(OH)–C–C–N with tert-alkyl or cyclic N) is 2. The molecule has 2 fully saturated rings. The molecule has 0 spiro atoms. The molecule has 2 saturated heterocycles. The highest BCUT2D eigenvalue weighted by Crippen LogP contribution is 2.23. The molecular formula is C25H31ClF2N8O2. The molecule has 2 aromatic heterocycles. The van der Waals surface area contributed by atoms with Crippen LogP contribution in [0.2, 0.25) is 0 Å². The molecule has 0 amide bonds. The average molecular weight is 549 g/mol. The van der Waals surface area contributed by atoms with E-state index in [-0.39, 0.29) is 31.4 Å². The number of aliphatic hydroxyl groups is 2. The number of halogens is 3. The first-order chi connectivity index (χ1) is 17.8. The first kappa shape index (κ1) is 27.7. The summed E-state index contributed by atoms with van der Waals surface area (Å²) in [4.78, 5) is 14.6. The van der Waals surface area contributed by atoms with Crippen LogP contribution in [0.4, 0.5) is 26.2 Å². The monoisotopic (exact) mass is 548 g/mol. The normalized spacial score (nSPS) is 20.3. The van der Waals surface area contributed by atoms with Gasteiger partial charge in [-0.05, 0) is 19.1 Å². The van der Waals surface area contributed by atoms with E-state index < -0.39 is 23.8 Å². The van der Waals surface area contributed by atoms with Gasteiger partial charge in [0.2, 0.25) is 5.95 Å². The van der Waals surface area contributed by atoms with Gasteiger partial charge in [-0.2, -0.15) is 15.1 Å². The van der Waals surface area contributed by atoms with Gasteiger partial charge in [0.05, 0.1) is 24.1 Å². The summed E-state index contributed by atoms with van der Waals surface area (Å²) < 4.78 is 28.8. The molecule has 0 unspecified atom stereocenters. The fraction of sp³-hybridized carbons (Fsp3) is 0.400. The summed E-state index contributed by atoms with van der Waals surface area (Å²) in [5, 5.41) is 24.2. The number of piperazine rings is 1. The van der Waals surface area contributed by atoms with E-state index in [2.05, 4.69) is 26.0 Å². The Morgan fingerprint density at radius 3 is 2.24 bits per heavy atom. The second kappa shape index (κ2) is 11.6. The predicted octanol–water partition coefficient (Wildman–Crippen LogP) is 1.63. The van der Waals surface area contributed by atoms with Crippen LogP contribution >= 0.6 is 12.4 Å². The van der Waals surface area contributed by atoms with Crippen LogP contribution in [0.25, 0.3) is 11.9 Å². The molecule has 4 heterocycles. The van der Waals surface area contributed by atoms with E-state index in [1.165, 1.54) is 12.1 Å². The Labute approximate surface area is 225 Å². The van der Waals surface area contributed by atoms with Gasteiger partial charge in [-0.25, -0.2) is 13.5 Å². The molecule has 10 nitrogen and oxygen atoms in total. The SMILES string of the molecule is Cc1c(/C=C/CN2CCN(c3cc(F)cc(F)c3)CC2)cnn1-c1cc(N2C[C@@H](O)[C@H](O)C2)nc(N)n1.Cl. The fourth-order valence-corrected chi connectivity index (χ4v) is 4.72. The fourth-order valence-electron chi connectivity index (χ4n) is 4.72. The summed E-state index contributed by atoms with van der Waals surface area (Å²) in [5.41, 5.74) is 8.32. The van der Waals surface area contributed by atoms with Crippen LogP contribution in [0.1, 0.15) is 11.3 Å². The van der Waals surface area contributed by atoms with E-state index in [1.54, 1.807) is 21.8 Å². The van der Waals surface area contributed by atoms with E-state index >= 15 is 0 Å². The molecule has 0 saturated carbocycles. The number of hydrogen-bond acceptors (Lipinski definition) is 9. The Bertz CT molecular complexity index is 1270. The largest absolute Gasteiger partial charge is 0.389 e. The Morgan fingerprint density at radius 2 is 1.58 bits per heavy atom. The molecule has 38 heavy (non-hydrogen) atoms. The summed E-state index contributed by atoms with van der Waals surface area (Å²) in [6, 6.07) is 5.35. The highest BCUT2D eigenvalue weighted by Gasteiger charge is 2.31. The third-order valence-corrected chi connectivity index (χ3v) is 6.81. The molecule has 3 aromatic rings. The lowest BCUT2D eigenvalue weighted by molar-refractivity contribution is 0.0572. The maximum Gasteiger partial charge on any atom is 0.224 e. The predicted molar refractivity (Wildman–Crippen MR) is 144 cm³/mol. The van der Waals surface area contributed by atoms with Crippen molar-refractivity contribution in [2.24, 2.45) is 0 Å². The minimum absolute atomic E-state index is 0. The van der Waals surface area contributed by atoms with Crippen molar-refractivity contribution in [3.63, 3.8) is 0 Å². The number of aliphatic hydroxyl groups excluding tert-OH is 2. The zero-order valence-corrected chi connectivity index (χ0v) is 21.7. The lowest BCUT2D eigenvalue weighted by Crippen LogP contribution is -2.46. The summed E-state index contributed by atoms with van der Waals surface area (Å²) in [7, 11) is 0. The molecule has 5 rings (SSSR count). The number of nitrogens with zero attached hydrogens (tertiary/aromatic N) is 7. The smallest absolute Gasteiger partial charge is 0.224 e. The number of benzene rings is 1. The van der Waals surface area contributed by atoms with Gasteiger partial charge in [-0.1, -0.05) is 12.2 Å². The van der Waals surface area contributed by atoms with E-state index in [9.17, 15) is 19.0 Å². The molecule has 2 aliphatic heterocycles. The van der Waals surface area contributed by atoms with Crippen molar-refractivity contribution in [3.05, 3.63) is 59.4 Å². The number of hydrogen-bond donors (Lipinski definition) is 3. The maximum atomic E-state index is 13.5. The van der Waals surface area contributed by atoms with Crippen molar-refractivity contribution in [1.29, 1.82) is 0 Å². The highest BCUT2D eigenvalue weighted by molar-refractivity contribution is 5.85. The van der Waals surface area contributed by atoms with Gasteiger partial charge < -0.3 is 25.7 Å². The number of anilines is 3. The highest BCUT2D eigenvalue weighted by atomic mass is 35.5. The molecule has 2 aliphatic rings. The van der Waals surface area contributed by atoms with Crippen LogP contribution < -0.4 is 15.5 Å². The molecule has 13 heteroatoms. The van der Waals surface area contributed by atoms with Crippen LogP contribution in [0.5, 0.6) is 0 Å². The van der Waals surface area contributed by atoms with Crippen LogP contribution in [0, 0.1) is 18.6 Å². The number of nitrogens with two attached hydrogens (primary N) is 1. The topological polar surface area (TPSA) is 120 Å². The Morgan fingerprint density at radius 1 is 0.947 bits per heavy atom. The lowest BCUT2D eigenvalue weighted by Gasteiger charge is -2.35. The van der Waals surface area contributed by atoms with Gasteiger partial charge in [0.15, 0.2) is 5.82 Å². The summed E-state index contributed by atoms with van der Waals surface area (Å²) >= 11 is 0. The van der Waals surface area contributed by atoms with Crippen LogP contribution in [0.3, 0.4) is 0 Å². The number of nitrogen functional groups attached to an aromatic ring is 1. The van der Waals surface area contributed by atoms with Gasteiger partial charge in [0.25, 0.3) is 0 Å². The Hall–Kier alpha value is -3.32. The third kappa shape index (κ3) is 6.04. The van der Waals surface area contributed by atoms with E-state index in [0.717, 1.165) is 37.0 Å². The molecular weight excluding hydrogens is 518 g/mol. The van der Waals surface area contributed by atoms with Gasteiger partial charge >= 0.3 is 0 Å². The number of rotatable bonds is 6. The van der Waals surface area contributed by atoms with E-state index in [1.807, 2.05) is 17.9 Å². The summed E-state index contributed by atoms with van der Waals surface area (Å²) in [6.45, 7) is 6.14. The Balaban J connectivity index is 0.00000336. The standard InChI is InChI=1S/C25H30F2N8O2.ClH/c1-16-17(3-2-4-32-5-7-33(8-6-32)20-10-18(26)9-19(27)11-20)13-29-35(16)24-12-23(30-25(28)31-24)34-14-21(36)22(37)15-34;/h2-3,9-13,21-22,36-37H,4-8,14-15H2,1H3,(H2,28,30,31);1H/b3-2+;/t21-,22-;/m1./s1. The minimum atomic E-state index is -0.838. The third-order valence-electron chi connectivity index (χ3n) is 6.81. The first-order valence-electron chi connectivity index (χ1n) is 12.2. The van der Waals surface area contributed by atoms with Crippen molar-refractivity contribution in [2.45, 2.75) is 19.1 Å². The molecule has 204 valence electrons. The van der Waals surface area contributed by atoms with Crippen LogP contribution in [-0.4, -0.2) is 92.9 Å². The van der Waals surface area contributed by atoms with E-state index in [0.29, 0.717) is 30.4 Å². The summed E-state index contributed by atoms with van der Waals surface area (Å²) in [6.07, 6.45) is 4.15. The van der Waals surface area contributed by atoms with Gasteiger partial charge in [-0.3, -0.25) is 4.90 Å². The molecule has 2 atom stereocenters. The van der Waals surface area contributed by atoms with Crippen molar-refractivity contribution < 1.29 is 19.0 Å². The van der Waals surface area contributed by atoms with Crippen molar-refractivity contribution in [3.8, 4) is 5.82 Å². The van der Waals surface area contributed by atoms with Gasteiger partial charge in [0, 0.05) is 69.2 Å². The van der Waals surface area contributed by atoms with Crippen molar-refractivity contribution in [1.82, 2.24) is 24.6 Å². The average Bonchev–Trinajstić information content (AvgIpc) is 3.40. The Kier molecular flexibility index (Phi) is 8.46. The summed E-state index contributed by atoms with van der Waals surface area (Å²) in [5.74, 6) is -0.0299. The van der Waals surface area contributed by atoms with Crippen LogP contribution in [-0.2, 0) is 0 Å². The van der Waals surface area contributed by atoms with Crippen molar-refractivity contribution >= 4 is 35.9 Å². The van der Waals surface area contributed by atoms with E-state index in [4.69, 9.17) is 5.73 Å². The molecule has 0 bridgehead atoms. The zero-order chi connectivity index (χ0) is 26.1. The van der Waals surface area contributed by atoms with Gasteiger partial charge in [-0.15, -0.1) is 12.4 Å². The van der Waals surface area contributed by atoms with Crippen molar-refractivity contribution in [2.75, 3.05) is 61.3 Å². The van der Waals surface area contributed by atoms with Crippen LogP contribution in [0.15, 0.2) is 36.5 Å². The number of aromatic nitrogens is 4. The first-order valence-corrected chi connectivity index (χ1v) is 12.2.